The fourth-order valence-corrected chi connectivity index (χ4v) is 0. The molecule has 0 aliphatic carbocycles. The van der Waals surface area contributed by atoms with Crippen LogP contribution in [0.4, 0.5) is 0 Å². The summed E-state index contributed by atoms with van der Waals surface area (Å²) in [5.74, 6) is 0. The Bertz CT molecular complexity index is 54.0. The lowest BCUT2D eigenvalue weighted by atomic mass is 10.6. The molecular weight excluding hydrogens is 114 g/mol. The van der Waals surface area contributed by atoms with Crippen molar-refractivity contribution in [3.8, 4) is 0 Å². The minimum atomic E-state index is -0.488. The summed E-state index contributed by atoms with van der Waals surface area (Å²) in [5, 5.41) is 0. The Kier molecular flexibility index (Phi) is 4.96. The maximum absolute atomic E-state index is 2.37. The van der Waals surface area contributed by atoms with Gasteiger partial charge in [-0.05, 0) is 13.8 Å². The first-order valence-electron chi connectivity index (χ1n) is 2.75. The third kappa shape index (κ3) is 4.65. The van der Waals surface area contributed by atoms with Gasteiger partial charge in [0.1, 0.15) is 0 Å². The van der Waals surface area contributed by atoms with Gasteiger partial charge < -0.3 is 8.41 Å². The summed E-state index contributed by atoms with van der Waals surface area (Å²) in [7, 11) is -0.488. The fraction of sp³-hybridized carbons (Fsp3) is 1.00. The van der Waals surface area contributed by atoms with Crippen molar-refractivity contribution in [3.05, 3.63) is 0 Å². The first-order chi connectivity index (χ1) is 2.94. The zero-order valence-corrected chi connectivity index (χ0v) is 7.50. The predicted molar refractivity (Wildman–Crippen MR) is 45.6 cm³/mol. The van der Waals surface area contributed by atoms with Gasteiger partial charge in [0.25, 0.3) is 0 Å². The molecule has 0 fully saturated rings. The van der Waals surface area contributed by atoms with Gasteiger partial charge in [-0.3, -0.25) is 0 Å². The van der Waals surface area contributed by atoms with Crippen molar-refractivity contribution >= 4 is 15.7 Å². The molecule has 0 unspecified atom stereocenters. The van der Waals surface area contributed by atoms with Crippen LogP contribution in [0.1, 0.15) is 13.8 Å². The highest BCUT2D eigenvalue weighted by Crippen LogP contribution is 2.51. The molecule has 0 aromatic rings. The smallest absolute Gasteiger partial charge is 0.0633 e. The van der Waals surface area contributed by atoms with Crippen LogP contribution in [0.3, 0.4) is 0 Å². The molecule has 0 aliphatic rings. The molecule has 0 aromatic heterocycles. The molecule has 0 saturated carbocycles. The van der Waals surface area contributed by atoms with Gasteiger partial charge >= 0.3 is 0 Å². The number of hydrogen-bond acceptors (Lipinski definition) is 0. The standard InChI is InChI=1S/C6H16P.B/c1-6(2)7(3,4)5;/h6H,1-5H3;/q+1;-1. The molecule has 48 valence electrons. The van der Waals surface area contributed by atoms with Crippen molar-refractivity contribution in [2.24, 2.45) is 0 Å². The van der Waals surface area contributed by atoms with E-state index in [-0.39, 0.29) is 8.41 Å². The largest absolute Gasteiger partial charge is 1.00 e. The van der Waals surface area contributed by atoms with E-state index in [1.807, 2.05) is 0 Å². The van der Waals surface area contributed by atoms with E-state index in [2.05, 4.69) is 33.8 Å². The Morgan fingerprint density at radius 1 is 1.00 bits per heavy atom. The molecule has 0 aromatic carbocycles. The van der Waals surface area contributed by atoms with Crippen LogP contribution in [-0.2, 0) is 0 Å². The Hall–Kier alpha value is 0.495. The molecule has 0 atom stereocenters. The van der Waals surface area contributed by atoms with Crippen LogP contribution in [0.2, 0.25) is 0 Å². The zero-order valence-electron chi connectivity index (χ0n) is 6.60. The normalized spacial score (nSPS) is 11.2. The third-order valence-corrected chi connectivity index (χ3v) is 4.65. The van der Waals surface area contributed by atoms with E-state index in [0.29, 0.717) is 0 Å². The predicted octanol–water partition coefficient (Wildman–Crippen LogP) is 1.92. The van der Waals surface area contributed by atoms with E-state index in [9.17, 15) is 0 Å². The van der Waals surface area contributed by atoms with Crippen LogP contribution in [0.25, 0.3) is 0 Å². The first kappa shape index (κ1) is 11.3. The van der Waals surface area contributed by atoms with Crippen molar-refractivity contribution < 1.29 is 0 Å². The Labute approximate surface area is 56.0 Å². The van der Waals surface area contributed by atoms with Crippen LogP contribution in [-0.4, -0.2) is 34.1 Å². The summed E-state index contributed by atoms with van der Waals surface area (Å²) in [6, 6.07) is 0. The van der Waals surface area contributed by atoms with Gasteiger partial charge in [-0.1, -0.05) is 0 Å². The zero-order chi connectivity index (χ0) is 6.08. The summed E-state index contributed by atoms with van der Waals surface area (Å²) >= 11 is 0. The van der Waals surface area contributed by atoms with E-state index in [4.69, 9.17) is 0 Å². The molecule has 0 saturated heterocycles. The minimum absolute atomic E-state index is 0. The molecule has 0 heterocycles. The Morgan fingerprint density at radius 2 is 1.12 bits per heavy atom. The topological polar surface area (TPSA) is 0 Å². The van der Waals surface area contributed by atoms with E-state index in [0.717, 1.165) is 5.66 Å². The monoisotopic (exact) mass is 130 g/mol. The highest BCUT2D eigenvalue weighted by Gasteiger charge is 2.21. The van der Waals surface area contributed by atoms with Gasteiger partial charge in [-0.2, -0.15) is 0 Å². The van der Waals surface area contributed by atoms with E-state index in [1.165, 1.54) is 0 Å². The summed E-state index contributed by atoms with van der Waals surface area (Å²) in [6.07, 6.45) is 0. The van der Waals surface area contributed by atoms with Crippen LogP contribution in [0, 0.1) is 0 Å². The van der Waals surface area contributed by atoms with Crippen molar-refractivity contribution in [1.82, 2.24) is 0 Å². The molecule has 0 bridgehead atoms. The Morgan fingerprint density at radius 3 is 1.12 bits per heavy atom. The van der Waals surface area contributed by atoms with Gasteiger partial charge in [0.15, 0.2) is 0 Å². The second-order valence-corrected chi connectivity index (χ2v) is 8.48. The molecular formula is C6H16BP. The molecule has 8 heavy (non-hydrogen) atoms. The summed E-state index contributed by atoms with van der Waals surface area (Å²) in [5.41, 5.74) is 0.910. The lowest BCUT2D eigenvalue weighted by Crippen LogP contribution is -1.99. The second-order valence-electron chi connectivity index (χ2n) is 3.21. The van der Waals surface area contributed by atoms with Crippen LogP contribution in [0.15, 0.2) is 0 Å². The van der Waals surface area contributed by atoms with Crippen LogP contribution >= 0.6 is 7.26 Å². The van der Waals surface area contributed by atoms with Crippen LogP contribution in [0.5, 0.6) is 0 Å². The van der Waals surface area contributed by atoms with Crippen molar-refractivity contribution in [1.29, 1.82) is 0 Å². The maximum atomic E-state index is 2.37. The Balaban J connectivity index is 0. The molecule has 2 heteroatoms. The number of rotatable bonds is 1. The van der Waals surface area contributed by atoms with Crippen LogP contribution < -0.4 is 0 Å². The van der Waals surface area contributed by atoms with Crippen molar-refractivity contribution in [2.45, 2.75) is 19.5 Å². The lowest BCUT2D eigenvalue weighted by molar-refractivity contribution is 1.08. The average molecular weight is 130 g/mol. The second kappa shape index (κ2) is 3.51. The summed E-state index contributed by atoms with van der Waals surface area (Å²) in [6.45, 7) is 11.7. The fourth-order valence-electron chi connectivity index (χ4n) is 0. The maximum Gasteiger partial charge on any atom is 0.0633 e. The molecule has 0 nitrogen and oxygen atoms in total. The van der Waals surface area contributed by atoms with Crippen molar-refractivity contribution in [3.63, 3.8) is 0 Å². The quantitative estimate of drug-likeness (QED) is 0.375. The highest BCUT2D eigenvalue weighted by molar-refractivity contribution is 7.74. The van der Waals surface area contributed by atoms with Gasteiger partial charge in [-0.25, -0.2) is 0 Å². The highest BCUT2D eigenvalue weighted by atomic mass is 31.2. The molecule has 0 aliphatic heterocycles. The van der Waals surface area contributed by atoms with Crippen molar-refractivity contribution in [2.75, 3.05) is 20.0 Å². The number of hydrogen-bond donors (Lipinski definition) is 0. The SMILES string of the molecule is CC(C)[P+](C)(C)C.[B-]. The van der Waals surface area contributed by atoms with E-state index in [1.54, 1.807) is 0 Å². The molecule has 0 spiro atoms. The average Bonchev–Trinajstić information content (AvgIpc) is 1.31. The van der Waals surface area contributed by atoms with Gasteiger partial charge in [0, 0.05) is 27.3 Å². The van der Waals surface area contributed by atoms with Gasteiger partial charge in [0.05, 0.1) is 5.66 Å². The molecule has 0 N–H and O–H groups in total. The van der Waals surface area contributed by atoms with E-state index >= 15 is 0 Å². The molecule has 0 rings (SSSR count). The minimum Gasteiger partial charge on any atom is -1.00 e. The molecule has 0 amide bonds. The third-order valence-electron chi connectivity index (χ3n) is 1.55. The van der Waals surface area contributed by atoms with Gasteiger partial charge in [0.2, 0.25) is 0 Å². The van der Waals surface area contributed by atoms with Gasteiger partial charge in [-0.15, -0.1) is 0 Å². The summed E-state index contributed by atoms with van der Waals surface area (Å²) in [4.78, 5) is 0. The first-order valence-corrected chi connectivity index (χ1v) is 5.95. The molecule has 4 radical (unpaired) electrons. The van der Waals surface area contributed by atoms with E-state index < -0.39 is 7.26 Å². The lowest BCUT2D eigenvalue weighted by Gasteiger charge is -2.15. The summed E-state index contributed by atoms with van der Waals surface area (Å²) < 4.78 is 0.